The van der Waals surface area contributed by atoms with Crippen LogP contribution in [0.5, 0.6) is 0 Å². The van der Waals surface area contributed by atoms with Gasteiger partial charge in [-0.15, -0.1) is 0 Å². The minimum absolute atomic E-state index is 0.0656. The number of hydrogen-bond donors (Lipinski definition) is 1. The molecule has 0 saturated heterocycles. The lowest BCUT2D eigenvalue weighted by atomic mass is 10.4. The van der Waals surface area contributed by atoms with Crippen molar-refractivity contribution in [1.82, 2.24) is 4.57 Å². The fourth-order valence-electron chi connectivity index (χ4n) is 1.09. The van der Waals surface area contributed by atoms with Crippen molar-refractivity contribution in [3.8, 4) is 0 Å². The minimum Gasteiger partial charge on any atom is -0.387 e. The molecule has 1 N–H and O–H groups in total. The Kier molecular flexibility index (Phi) is 2.91. The van der Waals surface area contributed by atoms with E-state index in [1.165, 1.54) is 0 Å². The van der Waals surface area contributed by atoms with E-state index < -0.39 is 0 Å². The molecule has 0 amide bonds. The van der Waals surface area contributed by atoms with Crippen molar-refractivity contribution in [3.05, 3.63) is 28.7 Å². The Bertz CT molecular complexity index is 304. The van der Waals surface area contributed by atoms with Gasteiger partial charge < -0.3 is 9.88 Å². The number of aryl methyl sites for hydroxylation is 1. The second-order valence-corrected chi connectivity index (χ2v) is 2.70. The average Bonchev–Trinajstić information content (AvgIpc) is 2.09. The maximum absolute atomic E-state index is 11.2. The van der Waals surface area contributed by atoms with E-state index in [0.717, 1.165) is 18.7 Å². The molecule has 0 fully saturated rings. The molecule has 0 unspecified atom stereocenters. The molecule has 1 aromatic rings. The summed E-state index contributed by atoms with van der Waals surface area (Å²) in [5.74, 6) is 0. The Morgan fingerprint density at radius 2 is 2.25 bits per heavy atom. The van der Waals surface area contributed by atoms with Gasteiger partial charge in [-0.3, -0.25) is 4.79 Å². The Hall–Kier alpha value is -1.25. The fourth-order valence-corrected chi connectivity index (χ4v) is 1.09. The molecule has 0 aliphatic rings. The monoisotopic (exact) mass is 166 g/mol. The smallest absolute Gasteiger partial charge is 0.250 e. The summed E-state index contributed by atoms with van der Waals surface area (Å²) in [7, 11) is 1.84. The van der Waals surface area contributed by atoms with Gasteiger partial charge in [-0.1, -0.05) is 6.92 Å². The van der Waals surface area contributed by atoms with Crippen molar-refractivity contribution >= 4 is 5.69 Å². The standard InChI is InChI=1S/C9H14N2O/c1-3-6-11-7-8(10-2)4-5-9(11)12/h4-5,7,10H,3,6H2,1-2H3. The van der Waals surface area contributed by atoms with Gasteiger partial charge in [-0.25, -0.2) is 0 Å². The van der Waals surface area contributed by atoms with Gasteiger partial charge in [-0.05, 0) is 12.5 Å². The molecule has 3 nitrogen and oxygen atoms in total. The molecule has 12 heavy (non-hydrogen) atoms. The number of hydrogen-bond acceptors (Lipinski definition) is 2. The molecular formula is C9H14N2O. The topological polar surface area (TPSA) is 34.0 Å². The predicted octanol–water partition coefficient (Wildman–Crippen LogP) is 1.30. The number of nitrogens with zero attached hydrogens (tertiary/aromatic N) is 1. The average molecular weight is 166 g/mol. The van der Waals surface area contributed by atoms with E-state index >= 15 is 0 Å². The van der Waals surface area contributed by atoms with Crippen LogP contribution in [0.15, 0.2) is 23.1 Å². The van der Waals surface area contributed by atoms with Gasteiger partial charge in [0.2, 0.25) is 0 Å². The quantitative estimate of drug-likeness (QED) is 0.734. The highest BCUT2D eigenvalue weighted by Crippen LogP contribution is 2.01. The van der Waals surface area contributed by atoms with Gasteiger partial charge >= 0.3 is 0 Å². The van der Waals surface area contributed by atoms with Crippen LogP contribution in [0.3, 0.4) is 0 Å². The molecule has 1 aromatic heterocycles. The summed E-state index contributed by atoms with van der Waals surface area (Å²) in [6, 6.07) is 3.37. The highest BCUT2D eigenvalue weighted by molar-refractivity contribution is 5.39. The van der Waals surface area contributed by atoms with E-state index in [1.54, 1.807) is 16.7 Å². The van der Waals surface area contributed by atoms with E-state index in [9.17, 15) is 4.79 Å². The van der Waals surface area contributed by atoms with Crippen molar-refractivity contribution in [2.75, 3.05) is 12.4 Å². The van der Waals surface area contributed by atoms with Crippen LogP contribution in [0.1, 0.15) is 13.3 Å². The maximum atomic E-state index is 11.2. The van der Waals surface area contributed by atoms with Gasteiger partial charge in [-0.2, -0.15) is 0 Å². The molecule has 0 spiro atoms. The lowest BCUT2D eigenvalue weighted by Gasteiger charge is -2.05. The molecule has 66 valence electrons. The summed E-state index contributed by atoms with van der Waals surface area (Å²) in [5.41, 5.74) is 1.04. The molecule has 1 heterocycles. The third-order valence-electron chi connectivity index (χ3n) is 1.74. The maximum Gasteiger partial charge on any atom is 0.250 e. The third kappa shape index (κ3) is 1.87. The summed E-state index contributed by atoms with van der Waals surface area (Å²) in [5, 5.41) is 2.99. The van der Waals surface area contributed by atoms with Crippen LogP contribution in [0, 0.1) is 0 Å². The molecule has 0 bridgehead atoms. The first-order valence-corrected chi connectivity index (χ1v) is 4.16. The first-order valence-electron chi connectivity index (χ1n) is 4.16. The zero-order chi connectivity index (χ0) is 8.97. The molecular weight excluding hydrogens is 152 g/mol. The summed E-state index contributed by atoms with van der Waals surface area (Å²) in [6.45, 7) is 2.84. The number of pyridine rings is 1. The van der Waals surface area contributed by atoms with Crippen LogP contribution in [-0.2, 0) is 6.54 Å². The van der Waals surface area contributed by atoms with Crippen LogP contribution < -0.4 is 10.9 Å². The van der Waals surface area contributed by atoms with E-state index in [1.807, 2.05) is 13.2 Å². The Labute approximate surface area is 72.0 Å². The van der Waals surface area contributed by atoms with Gasteiger partial charge in [0.05, 0.1) is 5.69 Å². The number of anilines is 1. The van der Waals surface area contributed by atoms with Crippen molar-refractivity contribution in [1.29, 1.82) is 0 Å². The fraction of sp³-hybridized carbons (Fsp3) is 0.444. The van der Waals surface area contributed by atoms with E-state index in [-0.39, 0.29) is 5.56 Å². The highest BCUT2D eigenvalue weighted by atomic mass is 16.1. The Balaban J connectivity index is 3.00. The molecule has 0 aromatic carbocycles. The van der Waals surface area contributed by atoms with Crippen molar-refractivity contribution in [2.24, 2.45) is 0 Å². The first kappa shape index (κ1) is 8.84. The van der Waals surface area contributed by atoms with Crippen LogP contribution in [0.25, 0.3) is 0 Å². The number of rotatable bonds is 3. The van der Waals surface area contributed by atoms with Crippen LogP contribution in [-0.4, -0.2) is 11.6 Å². The Morgan fingerprint density at radius 1 is 1.50 bits per heavy atom. The van der Waals surface area contributed by atoms with E-state index in [4.69, 9.17) is 0 Å². The lowest BCUT2D eigenvalue weighted by Crippen LogP contribution is -2.18. The Morgan fingerprint density at radius 3 is 2.83 bits per heavy atom. The second kappa shape index (κ2) is 3.95. The molecule has 1 rings (SSSR count). The molecule has 0 saturated carbocycles. The molecule has 0 aliphatic heterocycles. The molecule has 0 atom stereocenters. The van der Waals surface area contributed by atoms with E-state index in [0.29, 0.717) is 0 Å². The van der Waals surface area contributed by atoms with Gasteiger partial charge in [0.1, 0.15) is 0 Å². The van der Waals surface area contributed by atoms with E-state index in [2.05, 4.69) is 12.2 Å². The highest BCUT2D eigenvalue weighted by Gasteiger charge is 1.94. The predicted molar refractivity (Wildman–Crippen MR) is 50.5 cm³/mol. The number of aromatic nitrogens is 1. The summed E-state index contributed by atoms with van der Waals surface area (Å²) in [4.78, 5) is 11.2. The van der Waals surface area contributed by atoms with Crippen molar-refractivity contribution in [3.63, 3.8) is 0 Å². The lowest BCUT2D eigenvalue weighted by molar-refractivity contribution is 0.655. The third-order valence-corrected chi connectivity index (χ3v) is 1.74. The van der Waals surface area contributed by atoms with Crippen LogP contribution >= 0.6 is 0 Å². The molecule has 3 heteroatoms. The zero-order valence-electron chi connectivity index (χ0n) is 7.50. The summed E-state index contributed by atoms with van der Waals surface area (Å²) in [6.07, 6.45) is 2.82. The SMILES string of the molecule is CCCn1cc(NC)ccc1=O. The molecule has 0 radical (unpaired) electrons. The van der Waals surface area contributed by atoms with Crippen LogP contribution in [0.2, 0.25) is 0 Å². The second-order valence-electron chi connectivity index (χ2n) is 2.70. The molecule has 0 aliphatic carbocycles. The summed E-state index contributed by atoms with van der Waals surface area (Å²) >= 11 is 0. The van der Waals surface area contributed by atoms with Gasteiger partial charge in [0, 0.05) is 25.9 Å². The zero-order valence-corrected chi connectivity index (χ0v) is 7.50. The number of nitrogens with one attached hydrogen (secondary N) is 1. The minimum atomic E-state index is 0.0656. The van der Waals surface area contributed by atoms with Gasteiger partial charge in [0.25, 0.3) is 5.56 Å². The largest absolute Gasteiger partial charge is 0.387 e. The first-order chi connectivity index (χ1) is 5.77. The van der Waals surface area contributed by atoms with Crippen LogP contribution in [0.4, 0.5) is 5.69 Å². The van der Waals surface area contributed by atoms with Gasteiger partial charge in [0.15, 0.2) is 0 Å². The van der Waals surface area contributed by atoms with Crippen molar-refractivity contribution < 1.29 is 0 Å². The summed E-state index contributed by atoms with van der Waals surface area (Å²) < 4.78 is 1.71. The normalized spacial score (nSPS) is 9.83. The van der Waals surface area contributed by atoms with Crippen molar-refractivity contribution in [2.45, 2.75) is 19.9 Å².